The molecule has 0 aliphatic rings. The Bertz CT molecular complexity index is 2080. The molecule has 4 aromatic rings. The van der Waals surface area contributed by atoms with Crippen molar-refractivity contribution < 1.29 is 51.4 Å². The molecule has 0 aliphatic carbocycles. The number of ether oxygens (including phenoxy) is 3. The second kappa shape index (κ2) is 18.0. The van der Waals surface area contributed by atoms with Gasteiger partial charge >= 0.3 is 66.4 Å². The summed E-state index contributed by atoms with van der Waals surface area (Å²) in [4.78, 5) is 60.5. The Kier molecular flexibility index (Phi) is 15.0. The zero-order valence-electron chi connectivity index (χ0n) is 29.9. The van der Waals surface area contributed by atoms with Crippen molar-refractivity contribution in [2.45, 2.75) is 60.3 Å². The maximum atomic E-state index is 15.4. The van der Waals surface area contributed by atoms with E-state index < -0.39 is 66.8 Å². The van der Waals surface area contributed by atoms with Gasteiger partial charge in [-0.3, -0.25) is 27.8 Å². The van der Waals surface area contributed by atoms with Crippen LogP contribution in [-0.4, -0.2) is 75.1 Å². The van der Waals surface area contributed by atoms with Crippen molar-refractivity contribution >= 4 is 71.0 Å². The number of rotatable bonds is 13. The van der Waals surface area contributed by atoms with Gasteiger partial charge in [0.05, 0.1) is 35.2 Å². The van der Waals surface area contributed by atoms with E-state index in [0.717, 1.165) is 11.6 Å². The molecule has 0 aliphatic heterocycles. The first-order valence-electron chi connectivity index (χ1n) is 16.2. The van der Waals surface area contributed by atoms with Crippen molar-refractivity contribution in [2.24, 2.45) is 10.8 Å². The van der Waals surface area contributed by atoms with Crippen molar-refractivity contribution in [3.8, 4) is 11.3 Å². The zero-order valence-corrected chi connectivity index (χ0v) is 32.4. The van der Waals surface area contributed by atoms with Crippen LogP contribution >= 0.6 is 23.5 Å². The van der Waals surface area contributed by atoms with Crippen molar-refractivity contribution in [1.82, 2.24) is 9.13 Å². The predicted molar refractivity (Wildman–Crippen MR) is 201 cm³/mol. The fraction of sp³-hybridized carbons (Fsp3) is 0.351. The van der Waals surface area contributed by atoms with Crippen molar-refractivity contribution in [1.29, 1.82) is 0 Å². The summed E-state index contributed by atoms with van der Waals surface area (Å²) in [7, 11) is -5.70. The number of halogens is 3. The standard InChI is InChI=1S/C37H40BrF2N2O10P.Na.H/c1-35(2,3)32(44)50-22-49-31(43)27-15-13-26(14-16-27)30-21-41(19-24-10-8-7-9-11-24)34(46)42(30)20-25-12-17-28(29(38)18-25)37(39,40)53(47,48)52-23-51-33(45)36(4,5)6;;/h7-18,21H,19-20,22-23H2,1-6H3,(H,47,48);;. The number of carbonyl (C=O) groups is 3. The molecule has 1 aromatic heterocycles. The summed E-state index contributed by atoms with van der Waals surface area (Å²) in [6.07, 6.45) is 1.64. The summed E-state index contributed by atoms with van der Waals surface area (Å²) in [5, 5.41) is 0. The second-order valence-electron chi connectivity index (χ2n) is 14.1. The van der Waals surface area contributed by atoms with Gasteiger partial charge in [-0.25, -0.2) is 9.59 Å². The van der Waals surface area contributed by atoms with Crippen molar-refractivity contribution in [3.63, 3.8) is 0 Å². The molecule has 3 aromatic carbocycles. The summed E-state index contributed by atoms with van der Waals surface area (Å²) in [5.74, 6) is -2.08. The van der Waals surface area contributed by atoms with Crippen LogP contribution in [0.25, 0.3) is 11.3 Å². The number of aromatic nitrogens is 2. The van der Waals surface area contributed by atoms with Gasteiger partial charge in [0.2, 0.25) is 13.6 Å². The molecule has 1 atom stereocenters. The average molecular weight is 846 g/mol. The van der Waals surface area contributed by atoms with Crippen molar-refractivity contribution in [2.75, 3.05) is 13.6 Å². The van der Waals surface area contributed by atoms with Crippen LogP contribution in [0, 0.1) is 10.8 Å². The summed E-state index contributed by atoms with van der Waals surface area (Å²) < 4.78 is 65.4. The third-order valence-corrected chi connectivity index (χ3v) is 9.80. The Hall–Kier alpha value is -3.43. The fourth-order valence-corrected chi connectivity index (χ4v) is 6.39. The molecule has 0 amide bonds. The molecule has 0 saturated carbocycles. The molecule has 17 heteroatoms. The van der Waals surface area contributed by atoms with Crippen LogP contribution in [0.5, 0.6) is 0 Å². The Morgan fingerprint density at radius 3 is 1.93 bits per heavy atom. The molecule has 4 rings (SSSR count). The second-order valence-corrected chi connectivity index (χ2v) is 16.8. The van der Waals surface area contributed by atoms with Gasteiger partial charge in [0, 0.05) is 16.2 Å². The van der Waals surface area contributed by atoms with Gasteiger partial charge in [-0.1, -0.05) is 70.5 Å². The molecule has 0 bridgehead atoms. The van der Waals surface area contributed by atoms with E-state index in [-0.39, 0.29) is 52.7 Å². The van der Waals surface area contributed by atoms with Crippen LogP contribution in [0.2, 0.25) is 0 Å². The van der Waals surface area contributed by atoms with Gasteiger partial charge in [0.15, 0.2) is 0 Å². The van der Waals surface area contributed by atoms with E-state index in [9.17, 15) is 28.6 Å². The first-order chi connectivity index (χ1) is 24.6. The molecule has 0 radical (unpaired) electrons. The predicted octanol–water partition coefficient (Wildman–Crippen LogP) is 7.03. The summed E-state index contributed by atoms with van der Waals surface area (Å²) >= 11 is 3.08. The van der Waals surface area contributed by atoms with E-state index in [2.05, 4.69) is 20.5 Å². The van der Waals surface area contributed by atoms with Crippen LogP contribution in [0.15, 0.2) is 88.3 Å². The van der Waals surface area contributed by atoms with E-state index in [1.807, 2.05) is 30.3 Å². The number of carbonyl (C=O) groups excluding carboxylic acids is 3. The van der Waals surface area contributed by atoms with E-state index in [4.69, 9.17) is 14.2 Å². The average Bonchev–Trinajstić information content (AvgIpc) is 3.37. The van der Waals surface area contributed by atoms with Gasteiger partial charge < -0.3 is 19.1 Å². The van der Waals surface area contributed by atoms with Crippen molar-refractivity contribution in [3.05, 3.63) is 116 Å². The van der Waals surface area contributed by atoms with Crippen LogP contribution < -0.4 is 5.69 Å². The van der Waals surface area contributed by atoms with E-state index in [1.54, 1.807) is 39.1 Å². The number of alkyl halides is 2. The number of imidazole rings is 1. The molecule has 286 valence electrons. The quantitative estimate of drug-likeness (QED) is 0.0643. The first-order valence-corrected chi connectivity index (χ1v) is 18.6. The van der Waals surface area contributed by atoms with Gasteiger partial charge in [-0.05, 0) is 76.4 Å². The first kappa shape index (κ1) is 45.0. The Balaban J connectivity index is 0.00000784. The molecular weight excluding hydrogens is 804 g/mol. The Labute approximate surface area is 341 Å². The molecule has 0 saturated heterocycles. The van der Waals surface area contributed by atoms with Gasteiger partial charge in [0.25, 0.3) is 0 Å². The van der Waals surface area contributed by atoms with Crippen LogP contribution in [-0.2, 0) is 51.6 Å². The molecular formula is C37H41BrF2N2NaO10P. The number of hydrogen-bond acceptors (Lipinski definition) is 9. The minimum atomic E-state index is -5.70. The SMILES string of the molecule is CC(C)(C)C(=O)OCOC(=O)c1ccc(-c2cn(Cc3ccccc3)c(=O)n2Cc2ccc(C(F)(F)P(=O)(O)OCOC(=O)C(C)(C)C)c(Br)c2)cc1.[NaH]. The van der Waals surface area contributed by atoms with Gasteiger partial charge in [-0.2, -0.15) is 8.78 Å². The molecule has 54 heavy (non-hydrogen) atoms. The van der Waals surface area contributed by atoms with E-state index in [0.29, 0.717) is 16.8 Å². The number of esters is 3. The summed E-state index contributed by atoms with van der Waals surface area (Å²) in [6.45, 7) is 7.96. The van der Waals surface area contributed by atoms with E-state index >= 15 is 8.78 Å². The maximum absolute atomic E-state index is 15.4. The third-order valence-electron chi connectivity index (χ3n) is 7.73. The molecule has 0 fully saturated rings. The van der Waals surface area contributed by atoms with Gasteiger partial charge in [0.1, 0.15) is 0 Å². The molecule has 0 spiro atoms. The monoisotopic (exact) mass is 844 g/mol. The third kappa shape index (κ3) is 11.1. The number of nitrogens with zero attached hydrogens (tertiary/aromatic N) is 2. The summed E-state index contributed by atoms with van der Waals surface area (Å²) in [5.41, 5.74) is -5.07. The molecule has 12 nitrogen and oxygen atoms in total. The molecule has 1 heterocycles. The molecule has 1 unspecified atom stereocenters. The van der Waals surface area contributed by atoms with Gasteiger partial charge in [-0.15, -0.1) is 0 Å². The van der Waals surface area contributed by atoms with Crippen LogP contribution in [0.4, 0.5) is 8.78 Å². The van der Waals surface area contributed by atoms with Crippen LogP contribution in [0.3, 0.4) is 0 Å². The van der Waals surface area contributed by atoms with Crippen LogP contribution in [0.1, 0.15) is 68.6 Å². The Morgan fingerprint density at radius 2 is 1.37 bits per heavy atom. The number of hydrogen-bond donors (Lipinski definition) is 1. The zero-order chi connectivity index (χ0) is 39.4. The fourth-order valence-electron chi connectivity index (χ4n) is 4.71. The van der Waals surface area contributed by atoms with E-state index in [1.165, 1.54) is 54.2 Å². The molecule has 1 N–H and O–H groups in total. The normalized spacial score (nSPS) is 13.0. The minimum absolute atomic E-state index is 0. The topological polar surface area (TPSA) is 152 Å². The number of benzene rings is 3. The Morgan fingerprint density at radius 1 is 0.796 bits per heavy atom. The summed E-state index contributed by atoms with van der Waals surface area (Å²) in [6, 6.07) is 18.9.